The Kier molecular flexibility index (Phi) is 6.60. The van der Waals surface area contributed by atoms with Gasteiger partial charge in [0.05, 0.1) is 24.8 Å². The van der Waals surface area contributed by atoms with Crippen molar-refractivity contribution in [3.8, 4) is 0 Å². The van der Waals surface area contributed by atoms with E-state index in [2.05, 4.69) is 15.4 Å². The fraction of sp³-hybridized carbons (Fsp3) is 0.300. The summed E-state index contributed by atoms with van der Waals surface area (Å²) in [7, 11) is 1.29. The SMILES string of the molecule is CCOC(=O)c1c(NC(=S)NC(=O)c2ccc(C(=O)OC)cc2)sc2c1CCC2. The summed E-state index contributed by atoms with van der Waals surface area (Å²) in [5.74, 6) is -1.30. The lowest BCUT2D eigenvalue weighted by molar-refractivity contribution is 0.0525. The Balaban J connectivity index is 1.70. The molecule has 1 aromatic heterocycles. The molecule has 0 bridgehead atoms. The van der Waals surface area contributed by atoms with Crippen molar-refractivity contribution in [2.24, 2.45) is 0 Å². The standard InChI is InChI=1S/C20H20N2O5S2/c1-3-27-19(25)15-13-5-4-6-14(13)29-17(15)22-20(28)21-16(23)11-7-9-12(10-8-11)18(24)26-2/h7-10H,3-6H2,1-2H3,(H2,21,22,23,28). The molecule has 0 atom stereocenters. The highest BCUT2D eigenvalue weighted by molar-refractivity contribution is 7.80. The lowest BCUT2D eigenvalue weighted by Crippen LogP contribution is -2.34. The second-order valence-electron chi connectivity index (χ2n) is 6.26. The van der Waals surface area contributed by atoms with Gasteiger partial charge in [0.2, 0.25) is 0 Å². The number of aryl methyl sites for hydroxylation is 1. The van der Waals surface area contributed by atoms with E-state index in [1.54, 1.807) is 6.92 Å². The summed E-state index contributed by atoms with van der Waals surface area (Å²) in [5, 5.41) is 6.22. The highest BCUT2D eigenvalue weighted by Crippen LogP contribution is 2.39. The van der Waals surface area contributed by atoms with Crippen LogP contribution < -0.4 is 10.6 Å². The molecule has 0 saturated carbocycles. The van der Waals surface area contributed by atoms with Crippen LogP contribution >= 0.6 is 23.6 Å². The normalized spacial score (nSPS) is 12.1. The van der Waals surface area contributed by atoms with Crippen LogP contribution in [0.25, 0.3) is 0 Å². The predicted molar refractivity (Wildman–Crippen MR) is 114 cm³/mol. The van der Waals surface area contributed by atoms with E-state index in [1.807, 2.05) is 0 Å². The molecule has 0 unspecified atom stereocenters. The largest absolute Gasteiger partial charge is 0.465 e. The van der Waals surface area contributed by atoms with Gasteiger partial charge in [-0.2, -0.15) is 0 Å². The van der Waals surface area contributed by atoms with E-state index in [9.17, 15) is 14.4 Å². The van der Waals surface area contributed by atoms with Crippen molar-refractivity contribution in [2.45, 2.75) is 26.2 Å². The molecule has 2 N–H and O–H groups in total. The van der Waals surface area contributed by atoms with Gasteiger partial charge in [-0.05, 0) is 68.2 Å². The Morgan fingerprint density at radius 1 is 1.10 bits per heavy atom. The number of carbonyl (C=O) groups is 3. The smallest absolute Gasteiger partial charge is 0.341 e. The van der Waals surface area contributed by atoms with Crippen LogP contribution in [0.2, 0.25) is 0 Å². The molecule has 1 aliphatic rings. The van der Waals surface area contributed by atoms with Crippen molar-refractivity contribution in [2.75, 3.05) is 19.0 Å². The first-order chi connectivity index (χ1) is 13.9. The monoisotopic (exact) mass is 432 g/mol. The van der Waals surface area contributed by atoms with E-state index in [0.29, 0.717) is 21.7 Å². The molecule has 0 saturated heterocycles. The first-order valence-electron chi connectivity index (χ1n) is 9.07. The molecule has 0 fully saturated rings. The minimum absolute atomic E-state index is 0.0810. The number of rotatable bonds is 5. The number of esters is 2. The number of carbonyl (C=O) groups excluding carboxylic acids is 3. The summed E-state index contributed by atoms with van der Waals surface area (Å²) in [5.41, 5.74) is 2.19. The van der Waals surface area contributed by atoms with Crippen molar-refractivity contribution in [3.05, 3.63) is 51.4 Å². The van der Waals surface area contributed by atoms with Gasteiger partial charge in [-0.25, -0.2) is 9.59 Å². The number of hydrogen-bond acceptors (Lipinski definition) is 7. The maximum absolute atomic E-state index is 12.4. The summed E-state index contributed by atoms with van der Waals surface area (Å²) >= 11 is 6.71. The van der Waals surface area contributed by atoms with Crippen molar-refractivity contribution >= 4 is 51.5 Å². The van der Waals surface area contributed by atoms with Crippen LogP contribution in [0.1, 0.15) is 54.9 Å². The second kappa shape index (κ2) is 9.15. The highest BCUT2D eigenvalue weighted by Gasteiger charge is 2.28. The van der Waals surface area contributed by atoms with Gasteiger partial charge in [-0.3, -0.25) is 10.1 Å². The van der Waals surface area contributed by atoms with Crippen molar-refractivity contribution in [3.63, 3.8) is 0 Å². The predicted octanol–water partition coefficient (Wildman–Crippen LogP) is 3.33. The quantitative estimate of drug-likeness (QED) is 0.553. The van der Waals surface area contributed by atoms with Gasteiger partial charge in [-0.1, -0.05) is 0 Å². The third-order valence-corrected chi connectivity index (χ3v) is 5.83. The molecule has 1 heterocycles. The van der Waals surface area contributed by atoms with Crippen LogP contribution in [0.15, 0.2) is 24.3 Å². The number of thiophene rings is 1. The molecule has 3 rings (SSSR count). The number of ether oxygens (including phenoxy) is 2. The van der Waals surface area contributed by atoms with E-state index >= 15 is 0 Å². The van der Waals surface area contributed by atoms with Crippen LogP contribution in [-0.2, 0) is 22.3 Å². The van der Waals surface area contributed by atoms with Gasteiger partial charge in [0, 0.05) is 10.4 Å². The molecule has 1 aromatic carbocycles. The number of methoxy groups -OCH3 is 1. The van der Waals surface area contributed by atoms with E-state index in [0.717, 1.165) is 29.7 Å². The molecule has 0 radical (unpaired) electrons. The highest BCUT2D eigenvalue weighted by atomic mass is 32.1. The van der Waals surface area contributed by atoms with Gasteiger partial charge in [0.1, 0.15) is 5.00 Å². The minimum atomic E-state index is -0.480. The zero-order valence-electron chi connectivity index (χ0n) is 16.0. The maximum Gasteiger partial charge on any atom is 0.341 e. The van der Waals surface area contributed by atoms with Gasteiger partial charge in [0.25, 0.3) is 5.91 Å². The number of benzene rings is 1. The molecule has 7 nitrogen and oxygen atoms in total. The zero-order chi connectivity index (χ0) is 21.0. The van der Waals surface area contributed by atoms with E-state index in [1.165, 1.54) is 42.7 Å². The number of anilines is 1. The zero-order valence-corrected chi connectivity index (χ0v) is 17.6. The molecule has 1 aliphatic carbocycles. The average molecular weight is 433 g/mol. The second-order valence-corrected chi connectivity index (χ2v) is 7.77. The van der Waals surface area contributed by atoms with E-state index in [-0.39, 0.29) is 17.7 Å². The van der Waals surface area contributed by atoms with Crippen molar-refractivity contribution < 1.29 is 23.9 Å². The molecule has 1 amide bonds. The number of amides is 1. The summed E-state index contributed by atoms with van der Waals surface area (Å²) in [6.45, 7) is 2.04. The fourth-order valence-electron chi connectivity index (χ4n) is 3.10. The lowest BCUT2D eigenvalue weighted by Gasteiger charge is -2.11. The van der Waals surface area contributed by atoms with Gasteiger partial charge in [0.15, 0.2) is 5.11 Å². The summed E-state index contributed by atoms with van der Waals surface area (Å²) in [4.78, 5) is 37.4. The number of fused-ring (bicyclic) bond motifs is 1. The average Bonchev–Trinajstić information content (AvgIpc) is 3.28. The summed E-state index contributed by atoms with van der Waals surface area (Å²) < 4.78 is 9.82. The first-order valence-corrected chi connectivity index (χ1v) is 10.3. The fourth-order valence-corrected chi connectivity index (χ4v) is 4.64. The molecule has 0 spiro atoms. The van der Waals surface area contributed by atoms with Crippen molar-refractivity contribution in [1.29, 1.82) is 0 Å². The Labute approximate surface area is 177 Å². The van der Waals surface area contributed by atoms with Crippen molar-refractivity contribution in [1.82, 2.24) is 5.32 Å². The van der Waals surface area contributed by atoms with Crippen LogP contribution in [0, 0.1) is 0 Å². The van der Waals surface area contributed by atoms with Gasteiger partial charge >= 0.3 is 11.9 Å². The number of nitrogens with one attached hydrogen (secondary N) is 2. The first kappa shape index (κ1) is 20.9. The number of hydrogen-bond donors (Lipinski definition) is 2. The Morgan fingerprint density at radius 2 is 1.79 bits per heavy atom. The minimum Gasteiger partial charge on any atom is -0.465 e. The van der Waals surface area contributed by atoms with Crippen LogP contribution in [0.5, 0.6) is 0 Å². The third-order valence-electron chi connectivity index (χ3n) is 4.42. The molecule has 0 aliphatic heterocycles. The van der Waals surface area contributed by atoms with E-state index in [4.69, 9.17) is 17.0 Å². The topological polar surface area (TPSA) is 93.7 Å². The third kappa shape index (κ3) is 4.63. The van der Waals surface area contributed by atoms with Crippen LogP contribution in [0.3, 0.4) is 0 Å². The Bertz CT molecular complexity index is 966. The van der Waals surface area contributed by atoms with Crippen LogP contribution in [-0.4, -0.2) is 36.7 Å². The van der Waals surface area contributed by atoms with Crippen LogP contribution in [0.4, 0.5) is 5.00 Å². The maximum atomic E-state index is 12.4. The molecule has 2 aromatic rings. The molecule has 29 heavy (non-hydrogen) atoms. The molecular weight excluding hydrogens is 412 g/mol. The Morgan fingerprint density at radius 3 is 2.45 bits per heavy atom. The molecule has 152 valence electrons. The number of thiocarbonyl (C=S) groups is 1. The van der Waals surface area contributed by atoms with E-state index < -0.39 is 11.9 Å². The summed E-state index contributed by atoms with van der Waals surface area (Å²) in [6, 6.07) is 6.02. The van der Waals surface area contributed by atoms with Gasteiger partial charge < -0.3 is 14.8 Å². The molecular formula is C20H20N2O5S2. The Hall–Kier alpha value is -2.78. The lowest BCUT2D eigenvalue weighted by atomic mass is 10.1. The summed E-state index contributed by atoms with van der Waals surface area (Å²) in [6.07, 6.45) is 2.75. The molecule has 9 heteroatoms. The van der Waals surface area contributed by atoms with Gasteiger partial charge in [-0.15, -0.1) is 11.3 Å².